The molecule has 0 bridgehead atoms. The highest BCUT2D eigenvalue weighted by Gasteiger charge is 2.07. The van der Waals surface area contributed by atoms with E-state index in [1.165, 1.54) is 0 Å². The molecule has 0 amide bonds. The van der Waals surface area contributed by atoms with Crippen LogP contribution in [0.5, 0.6) is 0 Å². The zero-order valence-electron chi connectivity index (χ0n) is 12.4. The van der Waals surface area contributed by atoms with Crippen LogP contribution in [0.15, 0.2) is 0 Å². The highest BCUT2D eigenvalue weighted by molar-refractivity contribution is 4.64. The summed E-state index contributed by atoms with van der Waals surface area (Å²) in [7, 11) is 0. The van der Waals surface area contributed by atoms with Crippen molar-refractivity contribution in [2.75, 3.05) is 39.6 Å². The predicted octanol–water partition coefficient (Wildman–Crippen LogP) is 0.931. The van der Waals surface area contributed by atoms with Crippen LogP contribution < -0.4 is 5.32 Å². The molecular weight excluding hydrogens is 246 g/mol. The number of rotatable bonds is 14. The fourth-order valence-corrected chi connectivity index (χ4v) is 1.58. The third-order valence-corrected chi connectivity index (χ3v) is 2.82. The number of unbranched alkanes of at least 4 members (excludes halogenated alkanes) is 1. The van der Waals surface area contributed by atoms with Crippen LogP contribution in [0, 0.1) is 0 Å². The molecule has 0 saturated heterocycles. The Morgan fingerprint density at radius 2 is 1.84 bits per heavy atom. The summed E-state index contributed by atoms with van der Waals surface area (Å²) in [6.07, 6.45) is 3.43. The molecule has 5 heteroatoms. The molecule has 2 unspecified atom stereocenters. The first kappa shape index (κ1) is 18.8. The van der Waals surface area contributed by atoms with E-state index in [0.29, 0.717) is 32.4 Å². The summed E-state index contributed by atoms with van der Waals surface area (Å²) in [6, 6.07) is 0.305. The number of hydrogen-bond acceptors (Lipinski definition) is 5. The van der Waals surface area contributed by atoms with Crippen molar-refractivity contribution in [1.82, 2.24) is 5.32 Å². The predicted molar refractivity (Wildman–Crippen MR) is 76.3 cm³/mol. The molecule has 116 valence electrons. The molecule has 0 aromatic rings. The van der Waals surface area contributed by atoms with Gasteiger partial charge >= 0.3 is 0 Å². The highest BCUT2D eigenvalue weighted by atomic mass is 16.5. The molecule has 0 radical (unpaired) electrons. The van der Waals surface area contributed by atoms with Crippen molar-refractivity contribution in [3.05, 3.63) is 0 Å². The Kier molecular flexibility index (Phi) is 14.1. The van der Waals surface area contributed by atoms with E-state index in [0.717, 1.165) is 32.3 Å². The molecule has 0 aromatic heterocycles. The molecule has 19 heavy (non-hydrogen) atoms. The largest absolute Gasteiger partial charge is 0.396 e. The van der Waals surface area contributed by atoms with E-state index >= 15 is 0 Å². The maximum absolute atomic E-state index is 9.69. The second kappa shape index (κ2) is 14.2. The van der Waals surface area contributed by atoms with Crippen LogP contribution in [-0.2, 0) is 9.47 Å². The molecule has 0 saturated carbocycles. The van der Waals surface area contributed by atoms with E-state index in [4.69, 9.17) is 14.6 Å². The molecule has 0 aliphatic carbocycles. The van der Waals surface area contributed by atoms with Crippen LogP contribution in [0.1, 0.15) is 39.5 Å². The van der Waals surface area contributed by atoms with Gasteiger partial charge in [-0.1, -0.05) is 13.3 Å². The Morgan fingerprint density at radius 1 is 1.11 bits per heavy atom. The Hall–Kier alpha value is -0.200. The molecule has 0 heterocycles. The van der Waals surface area contributed by atoms with Gasteiger partial charge in [-0.25, -0.2) is 0 Å². The quantitative estimate of drug-likeness (QED) is 0.412. The van der Waals surface area contributed by atoms with Crippen LogP contribution >= 0.6 is 0 Å². The molecule has 0 spiro atoms. The average molecular weight is 277 g/mol. The Balaban J connectivity index is 3.27. The molecule has 0 aromatic carbocycles. The van der Waals surface area contributed by atoms with Crippen molar-refractivity contribution in [3.8, 4) is 0 Å². The van der Waals surface area contributed by atoms with Crippen LogP contribution in [0.25, 0.3) is 0 Å². The number of hydrogen-bond donors (Lipinski definition) is 3. The summed E-state index contributed by atoms with van der Waals surface area (Å²) in [5, 5.41) is 21.6. The minimum Gasteiger partial charge on any atom is -0.396 e. The van der Waals surface area contributed by atoms with Crippen molar-refractivity contribution in [3.63, 3.8) is 0 Å². The van der Waals surface area contributed by atoms with Gasteiger partial charge < -0.3 is 25.0 Å². The summed E-state index contributed by atoms with van der Waals surface area (Å²) < 4.78 is 10.7. The van der Waals surface area contributed by atoms with E-state index in [1.807, 2.05) is 6.92 Å². The van der Waals surface area contributed by atoms with E-state index in [-0.39, 0.29) is 6.61 Å². The molecular formula is C14H31NO4. The van der Waals surface area contributed by atoms with Crippen LogP contribution in [0.2, 0.25) is 0 Å². The second-order valence-corrected chi connectivity index (χ2v) is 4.87. The third-order valence-electron chi connectivity index (χ3n) is 2.82. The zero-order chi connectivity index (χ0) is 14.3. The second-order valence-electron chi connectivity index (χ2n) is 4.87. The monoisotopic (exact) mass is 277 g/mol. The fraction of sp³-hybridized carbons (Fsp3) is 1.00. The van der Waals surface area contributed by atoms with Gasteiger partial charge in [0, 0.05) is 25.8 Å². The van der Waals surface area contributed by atoms with Gasteiger partial charge in [0.25, 0.3) is 0 Å². The van der Waals surface area contributed by atoms with E-state index in [1.54, 1.807) is 0 Å². The van der Waals surface area contributed by atoms with Crippen molar-refractivity contribution >= 4 is 0 Å². The summed E-state index contributed by atoms with van der Waals surface area (Å²) in [5.41, 5.74) is 0. The molecule has 0 rings (SSSR count). The maximum atomic E-state index is 9.69. The number of aliphatic hydroxyl groups excluding tert-OH is 2. The Morgan fingerprint density at radius 3 is 2.53 bits per heavy atom. The summed E-state index contributed by atoms with van der Waals surface area (Å²) in [5.74, 6) is 0. The van der Waals surface area contributed by atoms with Gasteiger partial charge in [-0.2, -0.15) is 0 Å². The average Bonchev–Trinajstić information content (AvgIpc) is 2.41. The van der Waals surface area contributed by atoms with Crippen LogP contribution in [0.3, 0.4) is 0 Å². The standard InChI is InChI=1S/C14H31NO4/c1-3-4-8-18-9-10-19-12-14(17)11-15-13(2)6-5-7-16/h13-17H,3-12H2,1-2H3. The van der Waals surface area contributed by atoms with Crippen molar-refractivity contribution < 1.29 is 19.7 Å². The minimum absolute atomic E-state index is 0.218. The SMILES string of the molecule is CCCCOCCOCC(O)CNC(C)CCCO. The minimum atomic E-state index is -0.493. The number of ether oxygens (including phenoxy) is 2. The molecule has 5 nitrogen and oxygen atoms in total. The smallest absolute Gasteiger partial charge is 0.0897 e. The van der Waals surface area contributed by atoms with Gasteiger partial charge in [-0.15, -0.1) is 0 Å². The summed E-state index contributed by atoms with van der Waals surface area (Å²) in [6.45, 7) is 7.14. The fourth-order valence-electron chi connectivity index (χ4n) is 1.58. The number of aliphatic hydroxyl groups is 2. The molecule has 2 atom stereocenters. The zero-order valence-corrected chi connectivity index (χ0v) is 12.4. The Bertz CT molecular complexity index is 181. The first-order valence-corrected chi connectivity index (χ1v) is 7.38. The van der Waals surface area contributed by atoms with Crippen molar-refractivity contribution in [1.29, 1.82) is 0 Å². The van der Waals surface area contributed by atoms with Gasteiger partial charge in [0.1, 0.15) is 0 Å². The maximum Gasteiger partial charge on any atom is 0.0897 e. The van der Waals surface area contributed by atoms with Gasteiger partial charge in [0.15, 0.2) is 0 Å². The van der Waals surface area contributed by atoms with Gasteiger partial charge in [0.2, 0.25) is 0 Å². The van der Waals surface area contributed by atoms with E-state index in [9.17, 15) is 5.11 Å². The summed E-state index contributed by atoms with van der Waals surface area (Å²) >= 11 is 0. The molecule has 0 fully saturated rings. The first-order chi connectivity index (χ1) is 9.20. The van der Waals surface area contributed by atoms with E-state index < -0.39 is 6.10 Å². The van der Waals surface area contributed by atoms with Crippen molar-refractivity contribution in [2.24, 2.45) is 0 Å². The summed E-state index contributed by atoms with van der Waals surface area (Å²) in [4.78, 5) is 0. The molecule has 3 N–H and O–H groups in total. The number of nitrogens with one attached hydrogen (secondary N) is 1. The molecule has 0 aliphatic heterocycles. The topological polar surface area (TPSA) is 71.0 Å². The van der Waals surface area contributed by atoms with Gasteiger partial charge in [-0.05, 0) is 26.2 Å². The van der Waals surface area contributed by atoms with E-state index in [2.05, 4.69) is 12.2 Å². The van der Waals surface area contributed by atoms with Crippen molar-refractivity contribution in [2.45, 2.75) is 51.7 Å². The molecule has 0 aliphatic rings. The third kappa shape index (κ3) is 14.0. The van der Waals surface area contributed by atoms with Gasteiger partial charge in [0.05, 0.1) is 25.9 Å². The normalized spacial score (nSPS) is 14.5. The lowest BCUT2D eigenvalue weighted by Gasteiger charge is -2.17. The van der Waals surface area contributed by atoms with Crippen LogP contribution in [0.4, 0.5) is 0 Å². The lowest BCUT2D eigenvalue weighted by atomic mass is 10.2. The lowest BCUT2D eigenvalue weighted by Crippen LogP contribution is -2.36. The lowest BCUT2D eigenvalue weighted by molar-refractivity contribution is 0.00324. The first-order valence-electron chi connectivity index (χ1n) is 7.38. The van der Waals surface area contributed by atoms with Crippen LogP contribution in [-0.4, -0.2) is 61.9 Å². The Labute approximate surface area is 117 Å². The van der Waals surface area contributed by atoms with Gasteiger partial charge in [-0.3, -0.25) is 0 Å². The highest BCUT2D eigenvalue weighted by Crippen LogP contribution is 1.95.